The molecule has 0 fully saturated rings. The molecule has 12 heteroatoms. The largest absolute Gasteiger partial charge is 0.297 e. The molecule has 1 aliphatic carbocycles. The van der Waals surface area contributed by atoms with Gasteiger partial charge in [-0.25, -0.2) is 0 Å². The summed E-state index contributed by atoms with van der Waals surface area (Å²) in [5.74, 6) is 0. The number of halogens is 10. The minimum atomic E-state index is -0.525. The lowest BCUT2D eigenvalue weighted by Gasteiger charge is -2.38. The second kappa shape index (κ2) is 21.4. The van der Waals surface area contributed by atoms with Crippen molar-refractivity contribution in [2.45, 2.75) is 11.7 Å². The summed E-state index contributed by atoms with van der Waals surface area (Å²) in [6.45, 7) is 0. The molecule has 2 nitrogen and oxygen atoms in total. The van der Waals surface area contributed by atoms with Crippen LogP contribution in [-0.4, -0.2) is 19.3 Å². The molecule has 268 valence electrons. The first-order valence-corrected chi connectivity index (χ1v) is 14.9. The summed E-state index contributed by atoms with van der Waals surface area (Å²) in [7, 11) is 1.00. The molecule has 2 aliphatic heterocycles. The first-order chi connectivity index (χ1) is 25.4. The van der Waals surface area contributed by atoms with Crippen molar-refractivity contribution in [3.63, 3.8) is 0 Å². The van der Waals surface area contributed by atoms with E-state index in [9.17, 15) is 8.78 Å². The summed E-state index contributed by atoms with van der Waals surface area (Å²) in [5, 5.41) is 0. The van der Waals surface area contributed by atoms with Gasteiger partial charge < -0.3 is 0 Å². The maximum absolute atomic E-state index is 9.50. The third-order valence-electron chi connectivity index (χ3n) is 8.43. The van der Waals surface area contributed by atoms with Crippen molar-refractivity contribution in [3.05, 3.63) is 185 Å². The fourth-order valence-electron chi connectivity index (χ4n) is 6.84. The van der Waals surface area contributed by atoms with Gasteiger partial charge in [-0.2, -0.15) is 4.57 Å². The number of hydrogen-bond acceptors (Lipinski definition) is 1. The zero-order chi connectivity index (χ0) is 37.8. The molecule has 51 heavy (non-hydrogen) atoms. The van der Waals surface area contributed by atoms with E-state index in [0.717, 1.165) is 0 Å². The van der Waals surface area contributed by atoms with Gasteiger partial charge in [-0.3, -0.25) is 13.7 Å². The van der Waals surface area contributed by atoms with Gasteiger partial charge in [0.2, 0.25) is 5.69 Å². The van der Waals surface area contributed by atoms with Crippen LogP contribution < -0.4 is 4.57 Å². The second-order valence-corrected chi connectivity index (χ2v) is 10.4. The maximum Gasteiger partial charge on any atom is 0.297 e. The summed E-state index contributed by atoms with van der Waals surface area (Å²) in [5.41, 5.74) is 11.0. The molecule has 1 unspecified atom stereocenters. The number of benzene rings is 4. The molecule has 5 aromatic rings. The van der Waals surface area contributed by atoms with E-state index in [2.05, 4.69) is 167 Å². The zero-order valence-electron chi connectivity index (χ0n) is 27.3. The van der Waals surface area contributed by atoms with Crippen LogP contribution in [0, 0.1) is 0 Å². The first-order valence-electron chi connectivity index (χ1n) is 14.9. The molecule has 0 saturated heterocycles. The molecule has 0 saturated carbocycles. The van der Waals surface area contributed by atoms with E-state index >= 15 is 0 Å². The van der Waals surface area contributed by atoms with Crippen LogP contribution in [0.5, 0.6) is 0 Å². The van der Waals surface area contributed by atoms with Gasteiger partial charge in [-0.05, 0) is 58.7 Å². The number of nitrogens with zero attached hydrogens (tertiary/aromatic N) is 2. The van der Waals surface area contributed by atoms with Gasteiger partial charge in [0.15, 0.2) is 6.20 Å². The Bertz CT molecular complexity index is 1780. The van der Waals surface area contributed by atoms with Crippen molar-refractivity contribution in [1.29, 1.82) is 0 Å². The maximum atomic E-state index is 9.50. The van der Waals surface area contributed by atoms with E-state index in [0.29, 0.717) is 14.4 Å². The highest BCUT2D eigenvalue weighted by atomic mass is 20.0. The lowest BCUT2D eigenvalue weighted by atomic mass is 9.82. The van der Waals surface area contributed by atoms with E-state index in [-0.39, 0.29) is 6.04 Å². The van der Waals surface area contributed by atoms with Gasteiger partial charge in [0.25, 0.3) is 5.66 Å². The van der Waals surface area contributed by atoms with E-state index in [4.69, 9.17) is 36.6 Å². The van der Waals surface area contributed by atoms with Crippen LogP contribution >= 0.6 is 0 Å². The van der Waals surface area contributed by atoms with Crippen LogP contribution in [0.4, 0.5) is 45.4 Å². The highest BCUT2D eigenvalue weighted by Gasteiger charge is 2.62. The van der Waals surface area contributed by atoms with Crippen molar-refractivity contribution in [3.8, 4) is 11.1 Å². The number of rotatable bonds is 4. The van der Waals surface area contributed by atoms with Crippen molar-refractivity contribution in [1.82, 2.24) is 4.90 Å². The average Bonchev–Trinajstić information content (AvgIpc) is 3.57. The quantitative estimate of drug-likeness (QED) is 0.133. The summed E-state index contributed by atoms with van der Waals surface area (Å²) in [4.78, 5) is 2.58. The molecule has 0 bridgehead atoms. The molecule has 0 radical (unpaired) electrons. The van der Waals surface area contributed by atoms with Crippen LogP contribution in [0.3, 0.4) is 0 Å². The highest BCUT2D eigenvalue weighted by Crippen LogP contribution is 2.54. The van der Waals surface area contributed by atoms with Gasteiger partial charge >= 0.3 is 0 Å². The molecule has 1 aromatic heterocycles. The summed E-state index contributed by atoms with van der Waals surface area (Å²) >= 11 is 0. The normalized spacial score (nSPS) is 14.4. The van der Waals surface area contributed by atoms with Gasteiger partial charge in [0.1, 0.15) is 6.04 Å². The first kappa shape index (κ1) is 41.5. The third-order valence-corrected chi connectivity index (χ3v) is 8.43. The SMILES string of the molecule is C1=CN2C3C(=C1c1ccccc1)C=Cc1c(-c4ccccc4)cc[n+](c13)C2(c1ccccc1)c1ccccc1.CF.CF.FF.FF.FF.FF. The predicted molar refractivity (Wildman–Crippen MR) is 180 cm³/mol. The third kappa shape index (κ3) is 7.74. The topological polar surface area (TPSA) is 7.12 Å². The van der Waals surface area contributed by atoms with Gasteiger partial charge in [0, 0.05) is 54.4 Å². The Morgan fingerprint density at radius 2 is 0.941 bits per heavy atom. The summed E-state index contributed by atoms with van der Waals surface area (Å²) < 4.78 is 85.5. The van der Waals surface area contributed by atoms with Crippen molar-refractivity contribution in [2.75, 3.05) is 14.4 Å². The lowest BCUT2D eigenvalue weighted by molar-refractivity contribution is -0.751. The fraction of sp³-hybridized carbons (Fsp3) is 0.103. The molecule has 0 spiro atoms. The van der Waals surface area contributed by atoms with Crippen molar-refractivity contribution < 1.29 is 49.9 Å². The molecule has 0 N–H and O–H groups in total. The molecular formula is C39H33F10N2+. The smallest absolute Gasteiger partial charge is 0.293 e. The zero-order valence-corrected chi connectivity index (χ0v) is 27.3. The van der Waals surface area contributed by atoms with E-state index in [1.165, 1.54) is 50.2 Å². The monoisotopic (exact) mass is 719 g/mol. The Morgan fingerprint density at radius 1 is 0.510 bits per heavy atom. The van der Waals surface area contributed by atoms with Gasteiger partial charge in [-0.15, -0.1) is 0 Å². The predicted octanol–water partition coefficient (Wildman–Crippen LogP) is 12.3. The highest BCUT2D eigenvalue weighted by molar-refractivity contribution is 5.86. The number of alkyl halides is 2. The molecular weight excluding hydrogens is 686 g/mol. The van der Waals surface area contributed by atoms with Crippen molar-refractivity contribution in [2.24, 2.45) is 0 Å². The van der Waals surface area contributed by atoms with Crippen molar-refractivity contribution >= 4 is 11.6 Å². The Labute approximate surface area is 289 Å². The fourth-order valence-corrected chi connectivity index (χ4v) is 6.84. The number of allylic oxidation sites excluding steroid dienone is 2. The van der Waals surface area contributed by atoms with Gasteiger partial charge in [-0.1, -0.05) is 103 Å². The van der Waals surface area contributed by atoms with E-state index in [1.54, 1.807) is 0 Å². The van der Waals surface area contributed by atoms with Crippen LogP contribution in [0.25, 0.3) is 22.8 Å². The average molecular weight is 720 g/mol. The van der Waals surface area contributed by atoms with E-state index < -0.39 is 5.66 Å². The molecule has 1 atom stereocenters. The standard InChI is InChI=1S/C37H27N2.2CH3F.4F2/c1-5-13-27(14-6-1)31-23-25-38-35-33(31)21-22-34-32(28-15-7-2-8-16-28)24-26-39(36(34)35)37(38,29-17-9-3-10-18-29)30-19-11-4-12-20-30;6*1-2/h1-26,35H;2*1H3;;;;/q+1;;;;;;. The molecule has 3 heterocycles. The molecule has 8 rings (SSSR count). The van der Waals surface area contributed by atoms with Crippen LogP contribution in [0.1, 0.15) is 34.0 Å². The second-order valence-electron chi connectivity index (χ2n) is 10.4. The molecule has 4 aromatic carbocycles. The summed E-state index contributed by atoms with van der Waals surface area (Å²) in [6, 6.07) is 45.9. The van der Waals surface area contributed by atoms with Crippen LogP contribution in [0.15, 0.2) is 158 Å². The number of pyridine rings is 1. The minimum absolute atomic E-state index is 0.0780. The lowest BCUT2D eigenvalue weighted by Crippen LogP contribution is -2.61. The Hall–Kier alpha value is -5.65. The van der Waals surface area contributed by atoms with Crippen LogP contribution in [-0.2, 0) is 5.66 Å². The number of aromatic nitrogens is 1. The van der Waals surface area contributed by atoms with E-state index in [1.807, 2.05) is 0 Å². The van der Waals surface area contributed by atoms with Gasteiger partial charge in [0.05, 0.1) is 31.0 Å². The Kier molecular flexibility index (Phi) is 17.5. The molecule has 3 aliphatic rings. The molecule has 0 amide bonds. The number of hydrogen-bond donors (Lipinski definition) is 0. The van der Waals surface area contributed by atoms with Crippen LogP contribution in [0.2, 0.25) is 0 Å². The summed E-state index contributed by atoms with van der Waals surface area (Å²) in [6.07, 6.45) is 11.6. The Morgan fingerprint density at radius 3 is 1.41 bits per heavy atom. The Balaban J connectivity index is 0.000000686. The minimum Gasteiger partial charge on any atom is -0.293 e.